The average molecular weight is 799 g/mol. The molecule has 0 N–H and O–H groups in total. The minimum Gasteiger partial charge on any atom is -0.419 e. The van der Waals surface area contributed by atoms with Crippen LogP contribution in [0.5, 0.6) is 23.0 Å². The molecule has 0 bridgehead atoms. The van der Waals surface area contributed by atoms with Crippen LogP contribution in [0.3, 0.4) is 0 Å². The van der Waals surface area contributed by atoms with E-state index in [0.717, 1.165) is 22.3 Å². The van der Waals surface area contributed by atoms with Gasteiger partial charge in [0.1, 0.15) is 0 Å². The van der Waals surface area contributed by atoms with Crippen molar-refractivity contribution in [3.8, 4) is 34.1 Å². The van der Waals surface area contributed by atoms with Crippen molar-refractivity contribution in [3.63, 3.8) is 0 Å². The molecule has 8 heteroatoms. The van der Waals surface area contributed by atoms with Crippen molar-refractivity contribution in [2.45, 2.75) is 5.41 Å². The van der Waals surface area contributed by atoms with Gasteiger partial charge in [0.05, 0.1) is 27.7 Å². The molecule has 8 nitrogen and oxygen atoms in total. The fourth-order valence-corrected chi connectivity index (χ4v) is 7.77. The molecule has 0 atom stereocenters. The molecular formula is C53H34O8. The summed E-state index contributed by atoms with van der Waals surface area (Å²) in [5.74, 6) is -2.53. The number of ether oxygens (including phenoxy) is 4. The Balaban J connectivity index is 1.25. The minimum absolute atomic E-state index is 0.000937. The van der Waals surface area contributed by atoms with Gasteiger partial charge in [0.2, 0.25) is 0 Å². The normalized spacial score (nSPS) is 12.0. The third kappa shape index (κ3) is 7.34. The van der Waals surface area contributed by atoms with Gasteiger partial charge in [-0.1, -0.05) is 133 Å². The van der Waals surface area contributed by atoms with Gasteiger partial charge in [0.25, 0.3) is 0 Å². The molecule has 1 aliphatic carbocycles. The van der Waals surface area contributed by atoms with Crippen molar-refractivity contribution in [1.82, 2.24) is 0 Å². The summed E-state index contributed by atoms with van der Waals surface area (Å²) < 4.78 is 24.1. The predicted octanol–water partition coefficient (Wildman–Crippen LogP) is 10.9. The summed E-state index contributed by atoms with van der Waals surface area (Å²) in [4.78, 5) is 54.4. The molecule has 0 saturated heterocycles. The lowest BCUT2D eigenvalue weighted by molar-refractivity contribution is 0.0682. The summed E-state index contributed by atoms with van der Waals surface area (Å²) in [5.41, 5.74) is 4.98. The van der Waals surface area contributed by atoms with Gasteiger partial charge in [-0.15, -0.1) is 0 Å². The van der Waals surface area contributed by atoms with Crippen molar-refractivity contribution < 1.29 is 38.1 Å². The largest absolute Gasteiger partial charge is 0.419 e. The third-order valence-corrected chi connectivity index (χ3v) is 10.6. The third-order valence-electron chi connectivity index (χ3n) is 10.6. The molecule has 8 aromatic rings. The van der Waals surface area contributed by atoms with Crippen LogP contribution >= 0.6 is 0 Å². The van der Waals surface area contributed by atoms with Crippen LogP contribution in [-0.2, 0) is 5.41 Å². The van der Waals surface area contributed by atoms with E-state index in [-0.39, 0.29) is 23.0 Å². The first kappa shape index (κ1) is 38.2. The van der Waals surface area contributed by atoms with Crippen LogP contribution in [-0.4, -0.2) is 23.9 Å². The van der Waals surface area contributed by atoms with E-state index >= 15 is 0 Å². The maximum Gasteiger partial charge on any atom is 0.343 e. The Morgan fingerprint density at radius 2 is 0.574 bits per heavy atom. The van der Waals surface area contributed by atoms with E-state index < -0.39 is 29.3 Å². The smallest absolute Gasteiger partial charge is 0.343 e. The van der Waals surface area contributed by atoms with Crippen LogP contribution in [0.25, 0.3) is 11.1 Å². The first-order valence-electron chi connectivity index (χ1n) is 19.5. The standard InChI is InChI=1S/C53H34O8/c54-49(35-17-5-1-6-18-35)58-45-31-29-39(33-47(45)60-51(56)37-21-9-3-10-22-37)53(43-27-15-13-25-41(43)42-26-14-16-28-44(42)53)40-30-32-46(59-50(55)36-19-7-2-8-20-36)48(34-40)61-52(57)38-23-11-4-12-24-38/h1-34H. The molecule has 294 valence electrons. The van der Waals surface area contributed by atoms with E-state index in [2.05, 4.69) is 0 Å². The molecule has 0 unspecified atom stereocenters. The lowest BCUT2D eigenvalue weighted by atomic mass is 9.67. The van der Waals surface area contributed by atoms with Crippen molar-refractivity contribution in [2.24, 2.45) is 0 Å². The van der Waals surface area contributed by atoms with E-state index in [0.29, 0.717) is 33.4 Å². The Morgan fingerprint density at radius 3 is 0.902 bits per heavy atom. The molecule has 0 saturated carbocycles. The Morgan fingerprint density at radius 1 is 0.295 bits per heavy atom. The fraction of sp³-hybridized carbons (Fsp3) is 0.0189. The Bertz CT molecular complexity index is 2730. The molecule has 0 aromatic heterocycles. The summed E-state index contributed by atoms with van der Waals surface area (Å²) in [7, 11) is 0. The number of benzene rings is 8. The zero-order valence-corrected chi connectivity index (χ0v) is 32.4. The second-order valence-corrected chi connectivity index (χ2v) is 14.2. The minimum atomic E-state index is -1.15. The Labute approximate surface area is 351 Å². The lowest BCUT2D eigenvalue weighted by Gasteiger charge is -2.34. The highest BCUT2D eigenvalue weighted by Gasteiger charge is 2.47. The lowest BCUT2D eigenvalue weighted by Crippen LogP contribution is -2.29. The van der Waals surface area contributed by atoms with Gasteiger partial charge in [0, 0.05) is 0 Å². The van der Waals surface area contributed by atoms with Crippen LogP contribution in [0.1, 0.15) is 63.7 Å². The molecule has 0 spiro atoms. The van der Waals surface area contributed by atoms with Gasteiger partial charge in [-0.25, -0.2) is 19.2 Å². The van der Waals surface area contributed by atoms with Gasteiger partial charge in [-0.05, 0) is 106 Å². The number of fused-ring (bicyclic) bond motifs is 3. The fourth-order valence-electron chi connectivity index (χ4n) is 7.77. The van der Waals surface area contributed by atoms with Crippen molar-refractivity contribution in [3.05, 3.63) is 251 Å². The molecular weight excluding hydrogens is 765 g/mol. The second-order valence-electron chi connectivity index (χ2n) is 14.2. The van der Waals surface area contributed by atoms with Crippen molar-refractivity contribution in [1.29, 1.82) is 0 Å². The molecule has 0 heterocycles. The highest BCUT2D eigenvalue weighted by Crippen LogP contribution is 2.57. The van der Waals surface area contributed by atoms with Crippen LogP contribution in [0.4, 0.5) is 0 Å². The van der Waals surface area contributed by atoms with E-state index in [1.165, 1.54) is 0 Å². The summed E-state index contributed by atoms with van der Waals surface area (Å²) >= 11 is 0. The zero-order chi connectivity index (χ0) is 41.8. The first-order valence-corrected chi connectivity index (χ1v) is 19.5. The van der Waals surface area contributed by atoms with Gasteiger partial charge in [-0.3, -0.25) is 0 Å². The molecule has 1 aliphatic rings. The van der Waals surface area contributed by atoms with Crippen molar-refractivity contribution in [2.75, 3.05) is 0 Å². The summed E-state index contributed by atoms with van der Waals surface area (Å²) in [6.07, 6.45) is 0. The van der Waals surface area contributed by atoms with Crippen LogP contribution < -0.4 is 18.9 Å². The molecule has 9 rings (SSSR count). The van der Waals surface area contributed by atoms with Crippen LogP contribution in [0.2, 0.25) is 0 Å². The highest BCUT2D eigenvalue weighted by molar-refractivity contribution is 5.95. The predicted molar refractivity (Wildman–Crippen MR) is 229 cm³/mol. The van der Waals surface area contributed by atoms with Crippen LogP contribution in [0, 0.1) is 0 Å². The quantitative estimate of drug-likeness (QED) is 0.0995. The summed E-state index contributed by atoms with van der Waals surface area (Å²) in [6.45, 7) is 0. The van der Waals surface area contributed by atoms with Gasteiger partial charge < -0.3 is 18.9 Å². The molecule has 0 radical (unpaired) electrons. The Hall–Kier alpha value is -8.36. The number of rotatable bonds is 10. The van der Waals surface area contributed by atoms with Gasteiger partial charge in [-0.2, -0.15) is 0 Å². The average Bonchev–Trinajstić information content (AvgIpc) is 3.62. The second kappa shape index (κ2) is 16.5. The zero-order valence-electron chi connectivity index (χ0n) is 32.4. The van der Waals surface area contributed by atoms with Gasteiger partial charge >= 0.3 is 23.9 Å². The number of carbonyl (C=O) groups is 4. The molecule has 0 amide bonds. The molecule has 0 aliphatic heterocycles. The molecule has 0 fully saturated rings. The Kier molecular flexibility index (Phi) is 10.3. The number of hydrogen-bond donors (Lipinski definition) is 0. The topological polar surface area (TPSA) is 105 Å². The van der Waals surface area contributed by atoms with E-state index in [9.17, 15) is 19.2 Å². The van der Waals surface area contributed by atoms with Crippen LogP contribution in [0.15, 0.2) is 206 Å². The number of carbonyl (C=O) groups excluding carboxylic acids is 4. The summed E-state index contributed by atoms with van der Waals surface area (Å²) in [6, 6.07) is 60.3. The SMILES string of the molecule is O=C(Oc1ccc(C2(c3ccc(OC(=O)c4ccccc4)c(OC(=O)c4ccccc4)c3)c3ccccc3-c3ccccc32)cc1OC(=O)c1ccccc1)c1ccccc1. The number of hydrogen-bond acceptors (Lipinski definition) is 8. The van der Waals surface area contributed by atoms with Crippen molar-refractivity contribution >= 4 is 23.9 Å². The van der Waals surface area contributed by atoms with E-state index in [1.807, 2.05) is 60.7 Å². The highest BCUT2D eigenvalue weighted by atomic mass is 16.6. The van der Waals surface area contributed by atoms with Gasteiger partial charge in [0.15, 0.2) is 23.0 Å². The first-order chi connectivity index (χ1) is 29.9. The van der Waals surface area contributed by atoms with E-state index in [1.54, 1.807) is 146 Å². The monoisotopic (exact) mass is 798 g/mol. The molecule has 8 aromatic carbocycles. The maximum atomic E-state index is 13.7. The van der Waals surface area contributed by atoms with E-state index in [4.69, 9.17) is 18.9 Å². The maximum absolute atomic E-state index is 13.7. The molecule has 61 heavy (non-hydrogen) atoms. The summed E-state index contributed by atoms with van der Waals surface area (Å²) in [5, 5.41) is 0. The number of esters is 4.